The summed E-state index contributed by atoms with van der Waals surface area (Å²) in [4.78, 5) is 0. The van der Waals surface area contributed by atoms with Crippen LogP contribution in [0.2, 0.25) is 0 Å². The van der Waals surface area contributed by atoms with Gasteiger partial charge in [0.1, 0.15) is 12.4 Å². The van der Waals surface area contributed by atoms with Crippen molar-refractivity contribution >= 4 is 0 Å². The molecule has 1 aliphatic rings. The summed E-state index contributed by atoms with van der Waals surface area (Å²) < 4.78 is 54.7. The van der Waals surface area contributed by atoms with Crippen molar-refractivity contribution in [2.24, 2.45) is 5.92 Å². The molecule has 5 heteroatoms. The zero-order valence-corrected chi connectivity index (χ0v) is 20.3. The van der Waals surface area contributed by atoms with E-state index >= 15 is 0 Å². The maximum absolute atomic E-state index is 14.9. The summed E-state index contributed by atoms with van der Waals surface area (Å²) in [7, 11) is 0. The molecule has 3 aromatic rings. The van der Waals surface area contributed by atoms with Crippen LogP contribution in [-0.4, -0.2) is 6.61 Å². The molecule has 1 atom stereocenters. The zero-order chi connectivity index (χ0) is 24.8. The minimum Gasteiger partial charge on any atom is -0.494 e. The van der Waals surface area contributed by atoms with E-state index in [1.807, 2.05) is 6.07 Å². The number of rotatable bonds is 9. The Bertz CT molecular complexity index is 1180. The van der Waals surface area contributed by atoms with E-state index in [9.17, 15) is 13.2 Å². The summed E-state index contributed by atoms with van der Waals surface area (Å²) in [6.45, 7) is 4.51. The van der Waals surface area contributed by atoms with Crippen LogP contribution < -0.4 is 4.74 Å². The maximum Gasteiger partial charge on any atom is 0.201 e. The van der Waals surface area contributed by atoms with Gasteiger partial charge in [0.05, 0.1) is 12.4 Å². The molecule has 0 aliphatic heterocycles. The highest BCUT2D eigenvalue weighted by molar-refractivity contribution is 5.71. The molecule has 1 unspecified atom stereocenters. The number of ether oxygens (including phenoxy) is 2. The van der Waals surface area contributed by atoms with Gasteiger partial charge in [-0.25, -0.2) is 8.78 Å². The van der Waals surface area contributed by atoms with Crippen LogP contribution in [0, 0.1) is 23.4 Å². The highest BCUT2D eigenvalue weighted by Crippen LogP contribution is 2.33. The second kappa shape index (κ2) is 11.5. The van der Waals surface area contributed by atoms with Gasteiger partial charge in [0.15, 0.2) is 11.6 Å². The number of benzene rings is 3. The first-order chi connectivity index (χ1) is 17.0. The van der Waals surface area contributed by atoms with Crippen LogP contribution in [0.15, 0.2) is 66.4 Å². The summed E-state index contributed by atoms with van der Waals surface area (Å²) in [5.41, 5.74) is 2.50. The van der Waals surface area contributed by atoms with Gasteiger partial charge < -0.3 is 9.47 Å². The van der Waals surface area contributed by atoms with E-state index in [0.717, 1.165) is 36.5 Å². The Morgan fingerprint density at radius 1 is 0.829 bits per heavy atom. The Balaban J connectivity index is 1.43. The first-order valence-corrected chi connectivity index (χ1v) is 12.3. The van der Waals surface area contributed by atoms with Gasteiger partial charge in [-0.15, -0.1) is 0 Å². The second-order valence-corrected chi connectivity index (χ2v) is 8.95. The van der Waals surface area contributed by atoms with Crippen LogP contribution in [0.1, 0.15) is 51.5 Å². The molecule has 0 amide bonds. The lowest BCUT2D eigenvalue weighted by atomic mass is 9.90. The van der Waals surface area contributed by atoms with Gasteiger partial charge in [0, 0.05) is 17.5 Å². The van der Waals surface area contributed by atoms with Gasteiger partial charge in [-0.3, -0.25) is 0 Å². The van der Waals surface area contributed by atoms with Crippen molar-refractivity contribution in [2.45, 2.75) is 52.6 Å². The fourth-order valence-corrected chi connectivity index (χ4v) is 4.58. The van der Waals surface area contributed by atoms with Gasteiger partial charge in [-0.05, 0) is 66.6 Å². The number of halogens is 3. The molecule has 3 aromatic carbocycles. The van der Waals surface area contributed by atoms with Crippen LogP contribution in [0.25, 0.3) is 22.3 Å². The molecule has 0 aromatic heterocycles. The van der Waals surface area contributed by atoms with Crippen molar-refractivity contribution in [3.05, 3.63) is 89.4 Å². The van der Waals surface area contributed by atoms with Crippen molar-refractivity contribution in [3.63, 3.8) is 0 Å². The van der Waals surface area contributed by atoms with Gasteiger partial charge >= 0.3 is 0 Å². The monoisotopic (exact) mass is 480 g/mol. The van der Waals surface area contributed by atoms with Crippen LogP contribution >= 0.6 is 0 Å². The van der Waals surface area contributed by atoms with Gasteiger partial charge in [0.2, 0.25) is 5.82 Å². The lowest BCUT2D eigenvalue weighted by molar-refractivity contribution is 0.174. The molecule has 4 rings (SSSR count). The van der Waals surface area contributed by atoms with Gasteiger partial charge in [-0.1, -0.05) is 56.2 Å². The molecule has 184 valence electrons. The molecule has 0 radical (unpaired) electrons. The largest absolute Gasteiger partial charge is 0.494 e. The third kappa shape index (κ3) is 5.90. The number of hydrogen-bond acceptors (Lipinski definition) is 2. The Hall–Kier alpha value is -3.21. The predicted octanol–water partition coefficient (Wildman–Crippen LogP) is 8.84. The number of allylic oxidation sites excluding steroid dienone is 2. The summed E-state index contributed by atoms with van der Waals surface area (Å²) in [5.74, 6) is -0.694. The average Bonchev–Trinajstić information content (AvgIpc) is 2.87. The highest BCUT2D eigenvalue weighted by Gasteiger charge is 2.17. The van der Waals surface area contributed by atoms with E-state index < -0.39 is 11.6 Å². The van der Waals surface area contributed by atoms with E-state index in [2.05, 4.69) is 13.0 Å². The van der Waals surface area contributed by atoms with Crippen LogP contribution in [0.4, 0.5) is 13.2 Å². The molecule has 35 heavy (non-hydrogen) atoms. The van der Waals surface area contributed by atoms with Crippen molar-refractivity contribution < 1.29 is 22.6 Å². The lowest BCUT2D eigenvalue weighted by Crippen LogP contribution is -2.07. The first-order valence-electron chi connectivity index (χ1n) is 12.3. The van der Waals surface area contributed by atoms with Crippen LogP contribution in [0.3, 0.4) is 0 Å². The lowest BCUT2D eigenvalue weighted by Gasteiger charge is -2.21. The normalized spacial score (nSPS) is 15.6. The predicted molar refractivity (Wildman–Crippen MR) is 133 cm³/mol. The van der Waals surface area contributed by atoms with Crippen molar-refractivity contribution in [3.8, 4) is 28.0 Å². The van der Waals surface area contributed by atoms with Crippen molar-refractivity contribution in [1.82, 2.24) is 0 Å². The minimum absolute atomic E-state index is 0.114. The van der Waals surface area contributed by atoms with Crippen LogP contribution in [0.5, 0.6) is 5.75 Å². The molecule has 0 fully saturated rings. The van der Waals surface area contributed by atoms with E-state index in [1.165, 1.54) is 31.0 Å². The summed E-state index contributed by atoms with van der Waals surface area (Å²) in [5, 5.41) is 0. The Kier molecular flexibility index (Phi) is 8.17. The number of hydrogen-bond donors (Lipinski definition) is 0. The van der Waals surface area contributed by atoms with Crippen molar-refractivity contribution in [2.75, 3.05) is 6.61 Å². The summed E-state index contributed by atoms with van der Waals surface area (Å²) in [6, 6.07) is 14.7. The molecule has 2 nitrogen and oxygen atoms in total. The van der Waals surface area contributed by atoms with Crippen molar-refractivity contribution in [1.29, 1.82) is 0 Å². The average molecular weight is 481 g/mol. The molecular weight excluding hydrogens is 449 g/mol. The second-order valence-electron chi connectivity index (χ2n) is 8.95. The molecule has 0 bridgehead atoms. The molecule has 0 spiro atoms. The standard InChI is InChI=1S/C30H31F3O2/c1-3-5-20-6-13-24(14-7-20)35-19-21-8-15-25(27(31)18-21)22-9-11-23(12-10-22)26-16-17-28(34-4-2)30(33)29(26)32/h8-13,15-18,20H,3-7,14,19H2,1-2H3. The Morgan fingerprint density at radius 2 is 1.54 bits per heavy atom. The fourth-order valence-electron chi connectivity index (χ4n) is 4.58. The summed E-state index contributed by atoms with van der Waals surface area (Å²) in [6.07, 6.45) is 7.78. The quantitative estimate of drug-likeness (QED) is 0.305. The summed E-state index contributed by atoms with van der Waals surface area (Å²) >= 11 is 0. The highest BCUT2D eigenvalue weighted by atomic mass is 19.2. The topological polar surface area (TPSA) is 18.5 Å². The molecule has 0 heterocycles. The van der Waals surface area contributed by atoms with E-state index in [1.54, 1.807) is 37.3 Å². The van der Waals surface area contributed by atoms with Gasteiger partial charge in [0.25, 0.3) is 0 Å². The molecule has 0 saturated carbocycles. The maximum atomic E-state index is 14.9. The molecule has 0 saturated heterocycles. The van der Waals surface area contributed by atoms with Crippen LogP contribution in [-0.2, 0) is 11.3 Å². The Morgan fingerprint density at radius 3 is 2.17 bits per heavy atom. The Labute approximate surface area is 205 Å². The molecular formula is C30H31F3O2. The van der Waals surface area contributed by atoms with E-state index in [0.29, 0.717) is 23.3 Å². The zero-order valence-electron chi connectivity index (χ0n) is 20.3. The smallest absolute Gasteiger partial charge is 0.201 e. The SMILES string of the molecule is CCCC1CC=C(OCc2ccc(-c3ccc(-c4ccc(OCC)c(F)c4F)cc3)c(F)c2)CC1. The minimum atomic E-state index is -1.01. The molecule has 1 aliphatic carbocycles. The third-order valence-corrected chi connectivity index (χ3v) is 6.49. The molecule has 0 N–H and O–H groups in total. The third-order valence-electron chi connectivity index (χ3n) is 6.49. The first kappa shape index (κ1) is 24.9. The van der Waals surface area contributed by atoms with E-state index in [-0.39, 0.29) is 23.7 Å². The van der Waals surface area contributed by atoms with E-state index in [4.69, 9.17) is 9.47 Å². The van der Waals surface area contributed by atoms with Gasteiger partial charge in [-0.2, -0.15) is 4.39 Å². The fraction of sp³-hybridized carbons (Fsp3) is 0.333.